The maximum Gasteiger partial charge on any atom is 0.257 e. The average Bonchev–Trinajstić information content (AvgIpc) is 1.83. The lowest BCUT2D eigenvalue weighted by Gasteiger charge is -2.06. The van der Waals surface area contributed by atoms with Gasteiger partial charge < -0.3 is 0 Å². The lowest BCUT2D eigenvalue weighted by Crippen LogP contribution is -2.40. The van der Waals surface area contributed by atoms with Crippen LogP contribution >= 0.6 is 0 Å². The summed E-state index contributed by atoms with van der Waals surface area (Å²) in [6.07, 6.45) is 1.22. The number of carbonyl (C=O) groups is 1. The lowest BCUT2D eigenvalue weighted by atomic mass is 10.4. The smallest absolute Gasteiger partial charge is 0.257 e. The number of hydrazine groups is 1. The maximum atomic E-state index is 10.4. The standard InChI is InChI=1S/C6H12N2O/c1-4-6(9)8-7-5(2)3/h4-5,7H,1H2,2-3H3,(H,8,9). The first-order chi connectivity index (χ1) is 4.16. The van der Waals surface area contributed by atoms with E-state index in [-0.39, 0.29) is 11.9 Å². The van der Waals surface area contributed by atoms with Crippen LogP contribution in [0.1, 0.15) is 13.8 Å². The highest BCUT2D eigenvalue weighted by Crippen LogP contribution is 1.70. The zero-order valence-electron chi connectivity index (χ0n) is 5.77. The van der Waals surface area contributed by atoms with E-state index in [9.17, 15) is 4.79 Å². The van der Waals surface area contributed by atoms with Gasteiger partial charge in [0.2, 0.25) is 0 Å². The molecule has 0 rings (SSSR count). The van der Waals surface area contributed by atoms with Crippen molar-refractivity contribution < 1.29 is 4.79 Å². The summed E-state index contributed by atoms with van der Waals surface area (Å²) >= 11 is 0. The van der Waals surface area contributed by atoms with Crippen LogP contribution in [0, 0.1) is 0 Å². The Labute approximate surface area is 55.1 Å². The van der Waals surface area contributed by atoms with Crippen LogP contribution in [0.2, 0.25) is 0 Å². The second-order valence-electron chi connectivity index (χ2n) is 1.99. The fraction of sp³-hybridized carbons (Fsp3) is 0.500. The molecule has 0 bridgehead atoms. The number of amides is 1. The van der Waals surface area contributed by atoms with Crippen molar-refractivity contribution in [2.24, 2.45) is 0 Å². The summed E-state index contributed by atoms with van der Waals surface area (Å²) in [6, 6.07) is 0.258. The van der Waals surface area contributed by atoms with Crippen molar-refractivity contribution in [3.63, 3.8) is 0 Å². The van der Waals surface area contributed by atoms with Gasteiger partial charge in [-0.3, -0.25) is 10.2 Å². The molecule has 3 nitrogen and oxygen atoms in total. The van der Waals surface area contributed by atoms with Crippen molar-refractivity contribution in [1.82, 2.24) is 10.9 Å². The molecule has 0 unspecified atom stereocenters. The molecule has 0 heterocycles. The first-order valence-electron chi connectivity index (χ1n) is 2.84. The van der Waals surface area contributed by atoms with Crippen LogP contribution in [-0.4, -0.2) is 11.9 Å². The zero-order valence-corrected chi connectivity index (χ0v) is 5.77. The summed E-state index contributed by atoms with van der Waals surface area (Å²) in [5, 5.41) is 0. The highest BCUT2D eigenvalue weighted by molar-refractivity contribution is 5.86. The SMILES string of the molecule is C=CC(=O)NNC(C)C. The van der Waals surface area contributed by atoms with Crippen LogP contribution in [0.3, 0.4) is 0 Å². The van der Waals surface area contributed by atoms with Crippen LogP contribution in [0.4, 0.5) is 0 Å². The van der Waals surface area contributed by atoms with Gasteiger partial charge in [-0.25, -0.2) is 5.43 Å². The van der Waals surface area contributed by atoms with Crippen molar-refractivity contribution in [1.29, 1.82) is 0 Å². The monoisotopic (exact) mass is 128 g/mol. The molecule has 0 saturated carbocycles. The van der Waals surface area contributed by atoms with E-state index in [1.165, 1.54) is 6.08 Å². The summed E-state index contributed by atoms with van der Waals surface area (Å²) in [4.78, 5) is 10.4. The summed E-state index contributed by atoms with van der Waals surface area (Å²) in [5.41, 5.74) is 5.15. The molecular weight excluding hydrogens is 116 g/mol. The normalized spacial score (nSPS) is 9.22. The molecule has 0 aromatic rings. The molecular formula is C6H12N2O. The van der Waals surface area contributed by atoms with E-state index in [0.717, 1.165) is 0 Å². The van der Waals surface area contributed by atoms with Gasteiger partial charge in [-0.15, -0.1) is 0 Å². The summed E-state index contributed by atoms with van der Waals surface area (Å²) in [7, 11) is 0. The molecule has 0 aromatic carbocycles. The van der Waals surface area contributed by atoms with Crippen LogP contribution in [0.15, 0.2) is 12.7 Å². The zero-order chi connectivity index (χ0) is 7.28. The molecule has 52 valence electrons. The average molecular weight is 128 g/mol. The highest BCUT2D eigenvalue weighted by Gasteiger charge is 1.92. The Morgan fingerprint density at radius 3 is 2.56 bits per heavy atom. The molecule has 0 aliphatic rings. The van der Waals surface area contributed by atoms with E-state index in [2.05, 4.69) is 17.4 Å². The number of hydrogen-bond acceptors (Lipinski definition) is 2. The van der Waals surface area contributed by atoms with Crippen molar-refractivity contribution in [2.75, 3.05) is 0 Å². The van der Waals surface area contributed by atoms with Gasteiger partial charge in [0.1, 0.15) is 0 Å². The Kier molecular flexibility index (Phi) is 3.71. The molecule has 3 heteroatoms. The molecule has 0 fully saturated rings. The van der Waals surface area contributed by atoms with Crippen molar-refractivity contribution in [3.8, 4) is 0 Å². The third-order valence-electron chi connectivity index (χ3n) is 0.669. The molecule has 0 atom stereocenters. The second-order valence-corrected chi connectivity index (χ2v) is 1.99. The highest BCUT2D eigenvalue weighted by atomic mass is 16.2. The van der Waals surface area contributed by atoms with Gasteiger partial charge in [0, 0.05) is 6.04 Å². The lowest BCUT2D eigenvalue weighted by molar-refractivity contribution is -0.117. The molecule has 0 saturated heterocycles. The molecule has 1 amide bonds. The molecule has 0 aromatic heterocycles. The van der Waals surface area contributed by atoms with Crippen molar-refractivity contribution >= 4 is 5.91 Å². The van der Waals surface area contributed by atoms with Crippen LogP contribution in [-0.2, 0) is 4.79 Å². The number of hydrogen-bond donors (Lipinski definition) is 2. The van der Waals surface area contributed by atoms with E-state index in [4.69, 9.17) is 0 Å². The topological polar surface area (TPSA) is 41.1 Å². The second kappa shape index (κ2) is 4.09. The van der Waals surface area contributed by atoms with Gasteiger partial charge in [-0.05, 0) is 19.9 Å². The Morgan fingerprint density at radius 2 is 2.22 bits per heavy atom. The third kappa shape index (κ3) is 5.03. The summed E-state index contributed by atoms with van der Waals surface area (Å²) in [6.45, 7) is 7.15. The van der Waals surface area contributed by atoms with Gasteiger partial charge in [-0.1, -0.05) is 6.58 Å². The summed E-state index contributed by atoms with van der Waals surface area (Å²) < 4.78 is 0. The van der Waals surface area contributed by atoms with Gasteiger partial charge >= 0.3 is 0 Å². The number of carbonyl (C=O) groups excluding carboxylic acids is 1. The van der Waals surface area contributed by atoms with Gasteiger partial charge in [0.25, 0.3) is 5.91 Å². The Balaban J connectivity index is 3.27. The van der Waals surface area contributed by atoms with Crippen molar-refractivity contribution in [3.05, 3.63) is 12.7 Å². The molecule has 2 N–H and O–H groups in total. The number of rotatable bonds is 3. The van der Waals surface area contributed by atoms with E-state index in [0.29, 0.717) is 0 Å². The minimum Gasteiger partial charge on any atom is -0.288 e. The van der Waals surface area contributed by atoms with Crippen molar-refractivity contribution in [2.45, 2.75) is 19.9 Å². The van der Waals surface area contributed by atoms with Gasteiger partial charge in [0.05, 0.1) is 0 Å². The molecule has 0 radical (unpaired) electrons. The largest absolute Gasteiger partial charge is 0.288 e. The number of nitrogens with one attached hydrogen (secondary N) is 2. The Hall–Kier alpha value is -0.830. The Morgan fingerprint density at radius 1 is 1.67 bits per heavy atom. The third-order valence-corrected chi connectivity index (χ3v) is 0.669. The molecule has 0 spiro atoms. The van der Waals surface area contributed by atoms with Crippen LogP contribution in [0.5, 0.6) is 0 Å². The predicted molar refractivity (Wildman–Crippen MR) is 36.6 cm³/mol. The molecule has 9 heavy (non-hydrogen) atoms. The predicted octanol–water partition coefficient (Wildman–Crippen LogP) is 0.202. The van der Waals surface area contributed by atoms with Gasteiger partial charge in [-0.2, -0.15) is 0 Å². The fourth-order valence-electron chi connectivity index (χ4n) is 0.266. The van der Waals surface area contributed by atoms with E-state index >= 15 is 0 Å². The first kappa shape index (κ1) is 8.17. The van der Waals surface area contributed by atoms with E-state index < -0.39 is 0 Å². The van der Waals surface area contributed by atoms with Crippen LogP contribution in [0.25, 0.3) is 0 Å². The molecule has 0 aliphatic carbocycles. The minimum atomic E-state index is -0.205. The Bertz CT molecular complexity index is 110. The molecule has 0 aliphatic heterocycles. The summed E-state index contributed by atoms with van der Waals surface area (Å²) in [5.74, 6) is -0.205. The maximum absolute atomic E-state index is 10.4. The quantitative estimate of drug-likeness (QED) is 0.421. The van der Waals surface area contributed by atoms with Gasteiger partial charge in [0.15, 0.2) is 0 Å². The van der Waals surface area contributed by atoms with E-state index in [1.54, 1.807) is 0 Å². The fourth-order valence-corrected chi connectivity index (χ4v) is 0.266. The first-order valence-corrected chi connectivity index (χ1v) is 2.84. The van der Waals surface area contributed by atoms with E-state index in [1.807, 2.05) is 13.8 Å². The minimum absolute atomic E-state index is 0.205. The van der Waals surface area contributed by atoms with Crippen LogP contribution < -0.4 is 10.9 Å².